The average Bonchev–Trinajstić information content (AvgIpc) is 3.34. The van der Waals surface area contributed by atoms with Gasteiger partial charge in [-0.2, -0.15) is 5.06 Å². The van der Waals surface area contributed by atoms with Crippen molar-refractivity contribution in [2.75, 3.05) is 6.54 Å². The van der Waals surface area contributed by atoms with Crippen molar-refractivity contribution in [1.82, 2.24) is 10.4 Å². The summed E-state index contributed by atoms with van der Waals surface area (Å²) in [6, 6.07) is 12.0. The van der Waals surface area contributed by atoms with Crippen molar-refractivity contribution in [3.63, 3.8) is 0 Å². The number of ether oxygens (including phenoxy) is 1. The highest BCUT2D eigenvalue weighted by atomic mass is 79.9. The van der Waals surface area contributed by atoms with E-state index in [0.29, 0.717) is 25.1 Å². The molecule has 2 amide bonds. The second-order valence-corrected chi connectivity index (χ2v) is 15.1. The van der Waals surface area contributed by atoms with E-state index in [1.165, 1.54) is 22.7 Å². The first-order valence-corrected chi connectivity index (χ1v) is 15.6. The van der Waals surface area contributed by atoms with Crippen LogP contribution < -0.4 is 5.32 Å². The van der Waals surface area contributed by atoms with Gasteiger partial charge in [0.1, 0.15) is 10.5 Å². The lowest BCUT2D eigenvalue weighted by Crippen LogP contribution is -2.49. The lowest BCUT2D eigenvalue weighted by molar-refractivity contribution is -0.104. The monoisotopic (exact) mass is 798 g/mol. The molecule has 2 aromatic heterocycles. The molecule has 0 aliphatic rings. The summed E-state index contributed by atoms with van der Waals surface area (Å²) in [5, 5.41) is 3.76. The highest BCUT2D eigenvalue weighted by molar-refractivity contribution is 9.13. The van der Waals surface area contributed by atoms with Crippen LogP contribution in [0, 0.1) is 0 Å². The van der Waals surface area contributed by atoms with Crippen LogP contribution in [0.3, 0.4) is 0 Å². The Morgan fingerprint density at radius 1 is 0.946 bits per heavy atom. The maximum Gasteiger partial charge on any atom is 0.407 e. The van der Waals surface area contributed by atoms with Gasteiger partial charge in [0.25, 0.3) is 5.91 Å². The molecule has 7 nitrogen and oxygen atoms in total. The van der Waals surface area contributed by atoms with E-state index >= 15 is 0 Å². The normalized spacial score (nSPS) is 12.1. The zero-order chi connectivity index (χ0) is 27.3. The van der Waals surface area contributed by atoms with Gasteiger partial charge in [-0.05, 0) is 109 Å². The largest absolute Gasteiger partial charge is 0.444 e. The second-order valence-electron chi connectivity index (χ2n) is 8.70. The second kappa shape index (κ2) is 13.2. The smallest absolute Gasteiger partial charge is 0.407 e. The Balaban J connectivity index is 1.96. The van der Waals surface area contributed by atoms with E-state index in [9.17, 15) is 14.4 Å². The maximum absolute atomic E-state index is 13.7. The van der Waals surface area contributed by atoms with Crippen molar-refractivity contribution >= 4 is 104 Å². The number of nitrogens with zero attached hydrogens (tertiary/aromatic N) is 1. The Kier molecular flexibility index (Phi) is 10.8. The van der Waals surface area contributed by atoms with Crippen molar-refractivity contribution in [3.05, 3.63) is 74.3 Å². The summed E-state index contributed by atoms with van der Waals surface area (Å²) in [4.78, 5) is 45.7. The van der Waals surface area contributed by atoms with Crippen LogP contribution in [0.1, 0.15) is 45.7 Å². The quantitative estimate of drug-likeness (QED) is 0.244. The Hall–Kier alpha value is -1.25. The molecule has 0 saturated carbocycles. The number of benzene rings is 1. The molecule has 13 heteroatoms. The highest BCUT2D eigenvalue weighted by Crippen LogP contribution is 2.35. The summed E-state index contributed by atoms with van der Waals surface area (Å²) in [5.74, 6) is -1.22. The molecule has 3 rings (SSSR count). The zero-order valence-electron chi connectivity index (χ0n) is 19.8. The standard InChI is InChI=1S/C24H22Br4N2O5S2/c1-24(2,3)34-23(33)29-12-14(9-13-7-5-4-6-8-13)30(21(31)17-10-15(25)19(27)36-17)35-22(32)18-11-16(26)20(28)37-18/h4-8,10-11,14H,9,12H2,1-3H3,(H,29,33). The first-order chi connectivity index (χ1) is 17.3. The maximum atomic E-state index is 13.7. The van der Waals surface area contributed by atoms with Crippen molar-refractivity contribution in [1.29, 1.82) is 0 Å². The Morgan fingerprint density at radius 2 is 1.51 bits per heavy atom. The summed E-state index contributed by atoms with van der Waals surface area (Å²) in [5.41, 5.74) is 0.193. The molecule has 0 fully saturated rings. The predicted octanol–water partition coefficient (Wildman–Crippen LogP) is 8.21. The number of carbonyl (C=O) groups is 3. The van der Waals surface area contributed by atoms with E-state index in [1.54, 1.807) is 32.9 Å². The third kappa shape index (κ3) is 8.89. The number of amides is 2. The van der Waals surface area contributed by atoms with Gasteiger partial charge >= 0.3 is 12.1 Å². The molecule has 1 N–H and O–H groups in total. The molecule has 1 atom stereocenters. The van der Waals surface area contributed by atoms with Crippen molar-refractivity contribution in [2.45, 2.75) is 38.8 Å². The van der Waals surface area contributed by atoms with Gasteiger partial charge in [0.05, 0.1) is 18.5 Å². The SMILES string of the molecule is CC(C)(C)OC(=O)NCC(Cc1ccccc1)N(OC(=O)c1cc(Br)c(Br)s1)C(=O)c1cc(Br)c(Br)s1. The fourth-order valence-electron chi connectivity index (χ4n) is 3.06. The van der Waals surface area contributed by atoms with Crippen LogP contribution in [-0.4, -0.2) is 41.2 Å². The molecule has 0 bridgehead atoms. The van der Waals surface area contributed by atoms with E-state index in [4.69, 9.17) is 9.57 Å². The third-order valence-electron chi connectivity index (χ3n) is 4.61. The molecule has 37 heavy (non-hydrogen) atoms. The fraction of sp³-hybridized carbons (Fsp3) is 0.292. The van der Waals surface area contributed by atoms with E-state index < -0.39 is 29.6 Å². The summed E-state index contributed by atoms with van der Waals surface area (Å²) in [6.07, 6.45) is -0.335. The third-order valence-corrected chi connectivity index (χ3v) is 11.1. The molecule has 1 unspecified atom stereocenters. The minimum atomic E-state index is -0.738. The van der Waals surface area contributed by atoms with Crippen LogP contribution in [-0.2, 0) is 16.0 Å². The van der Waals surface area contributed by atoms with Crippen LogP contribution in [0.2, 0.25) is 0 Å². The van der Waals surface area contributed by atoms with E-state index in [2.05, 4.69) is 69.0 Å². The van der Waals surface area contributed by atoms with E-state index in [-0.39, 0.29) is 6.54 Å². The van der Waals surface area contributed by atoms with Gasteiger partial charge in [-0.15, -0.1) is 22.7 Å². The Labute approximate surface area is 256 Å². The molecule has 0 spiro atoms. The van der Waals surface area contributed by atoms with E-state index in [1.807, 2.05) is 30.3 Å². The first-order valence-electron chi connectivity index (χ1n) is 10.8. The van der Waals surface area contributed by atoms with Crippen LogP contribution in [0.25, 0.3) is 0 Å². The highest BCUT2D eigenvalue weighted by Gasteiger charge is 2.32. The fourth-order valence-corrected chi connectivity index (χ4v) is 6.94. The van der Waals surface area contributed by atoms with Gasteiger partial charge in [0, 0.05) is 15.5 Å². The van der Waals surface area contributed by atoms with Gasteiger partial charge < -0.3 is 14.9 Å². The van der Waals surface area contributed by atoms with Crippen LogP contribution in [0.15, 0.2) is 59.0 Å². The molecule has 1 aromatic carbocycles. The van der Waals surface area contributed by atoms with Crippen molar-refractivity contribution < 1.29 is 24.0 Å². The van der Waals surface area contributed by atoms with E-state index in [0.717, 1.165) is 18.2 Å². The minimum Gasteiger partial charge on any atom is -0.444 e. The number of alkyl carbamates (subject to hydrolysis) is 1. The summed E-state index contributed by atoms with van der Waals surface area (Å²) < 4.78 is 8.20. The molecular formula is C24H22Br4N2O5S2. The summed E-state index contributed by atoms with van der Waals surface area (Å²) in [7, 11) is 0. The van der Waals surface area contributed by atoms with Gasteiger partial charge in [-0.3, -0.25) is 4.79 Å². The molecule has 0 aliphatic heterocycles. The van der Waals surface area contributed by atoms with Crippen LogP contribution in [0.5, 0.6) is 0 Å². The molecule has 198 valence electrons. The average molecular weight is 802 g/mol. The predicted molar refractivity (Wildman–Crippen MR) is 159 cm³/mol. The number of hydroxylamine groups is 2. The topological polar surface area (TPSA) is 84.9 Å². The van der Waals surface area contributed by atoms with Crippen LogP contribution in [0.4, 0.5) is 4.79 Å². The molecule has 0 aliphatic carbocycles. The first kappa shape index (κ1) is 30.3. The molecule has 3 aromatic rings. The number of hydrogen-bond donors (Lipinski definition) is 1. The summed E-state index contributed by atoms with van der Waals surface area (Å²) >= 11 is 15.9. The zero-order valence-corrected chi connectivity index (χ0v) is 27.8. The lowest BCUT2D eigenvalue weighted by Gasteiger charge is -2.30. The molecule has 2 heterocycles. The molecule has 0 radical (unpaired) electrons. The molecule has 0 saturated heterocycles. The van der Waals surface area contributed by atoms with Crippen molar-refractivity contribution in [2.24, 2.45) is 0 Å². The molecular weight excluding hydrogens is 780 g/mol. The number of thiophene rings is 2. The van der Waals surface area contributed by atoms with Gasteiger partial charge in [-0.25, -0.2) is 9.59 Å². The number of halogens is 4. The summed E-state index contributed by atoms with van der Waals surface area (Å²) in [6.45, 7) is 5.26. The number of hydrogen-bond acceptors (Lipinski definition) is 7. The number of carbonyl (C=O) groups excluding carboxylic acids is 3. The Bertz CT molecular complexity index is 1230. The minimum absolute atomic E-state index is 0.0195. The Morgan fingerprint density at radius 3 is 2.03 bits per heavy atom. The van der Waals surface area contributed by atoms with Gasteiger partial charge in [-0.1, -0.05) is 30.3 Å². The van der Waals surface area contributed by atoms with Gasteiger partial charge in [0.15, 0.2) is 0 Å². The number of rotatable bonds is 7. The lowest BCUT2D eigenvalue weighted by atomic mass is 10.1. The van der Waals surface area contributed by atoms with Gasteiger partial charge in [0.2, 0.25) is 0 Å². The van der Waals surface area contributed by atoms with Crippen LogP contribution >= 0.6 is 86.4 Å². The van der Waals surface area contributed by atoms with Crippen molar-refractivity contribution in [3.8, 4) is 0 Å². The number of nitrogens with one attached hydrogen (secondary N) is 1.